The number of hydrogen-bond donors (Lipinski definition) is 2. The lowest BCUT2D eigenvalue weighted by Gasteiger charge is -2.51. The van der Waals surface area contributed by atoms with Gasteiger partial charge in [0.1, 0.15) is 5.75 Å². The summed E-state index contributed by atoms with van der Waals surface area (Å²) in [6, 6.07) is 8.48. The number of nitrogens with zero attached hydrogens (tertiary/aromatic N) is 1. The number of piperazine rings is 1. The number of fused-ring (bicyclic) bond motifs is 1. The van der Waals surface area contributed by atoms with E-state index < -0.39 is 0 Å². The van der Waals surface area contributed by atoms with Crippen molar-refractivity contribution < 1.29 is 5.11 Å². The van der Waals surface area contributed by atoms with Gasteiger partial charge >= 0.3 is 0 Å². The summed E-state index contributed by atoms with van der Waals surface area (Å²) in [4.78, 5) is 2.63. The van der Waals surface area contributed by atoms with Crippen molar-refractivity contribution in [2.24, 2.45) is 5.92 Å². The zero-order valence-electron chi connectivity index (χ0n) is 11.9. The Bertz CT molecular complexity index is 462. The molecule has 2 N–H and O–H groups in total. The molecule has 2 unspecified atom stereocenters. The Morgan fingerprint density at radius 1 is 1.42 bits per heavy atom. The van der Waals surface area contributed by atoms with Crippen molar-refractivity contribution in [1.29, 1.82) is 0 Å². The average Bonchev–Trinajstić information content (AvgIpc) is 2.40. The lowest BCUT2D eigenvalue weighted by molar-refractivity contribution is 0.0391. The molecule has 0 radical (unpaired) electrons. The Kier molecular flexibility index (Phi) is 3.27. The lowest BCUT2D eigenvalue weighted by atomic mass is 9.65. The zero-order chi connectivity index (χ0) is 13.5. The van der Waals surface area contributed by atoms with Gasteiger partial charge in [0.2, 0.25) is 0 Å². The van der Waals surface area contributed by atoms with E-state index >= 15 is 0 Å². The Balaban J connectivity index is 1.90. The third-order valence-electron chi connectivity index (χ3n) is 5.23. The summed E-state index contributed by atoms with van der Waals surface area (Å²) < 4.78 is 0. The van der Waals surface area contributed by atoms with Crippen LogP contribution >= 0.6 is 0 Å². The van der Waals surface area contributed by atoms with Crippen LogP contribution in [0, 0.1) is 5.92 Å². The van der Waals surface area contributed by atoms with Crippen LogP contribution in [-0.4, -0.2) is 42.2 Å². The Morgan fingerprint density at radius 2 is 2.26 bits per heavy atom. The highest BCUT2D eigenvalue weighted by molar-refractivity contribution is 5.34. The van der Waals surface area contributed by atoms with Gasteiger partial charge in [0, 0.05) is 32.2 Å². The van der Waals surface area contributed by atoms with Crippen molar-refractivity contribution in [1.82, 2.24) is 10.2 Å². The number of rotatable bonds is 1. The largest absolute Gasteiger partial charge is 0.508 e. The molecular weight excluding hydrogens is 236 g/mol. The van der Waals surface area contributed by atoms with Crippen LogP contribution in [0.4, 0.5) is 0 Å². The second kappa shape index (κ2) is 4.80. The predicted molar refractivity (Wildman–Crippen MR) is 77.5 cm³/mol. The fourth-order valence-corrected chi connectivity index (χ4v) is 3.75. The van der Waals surface area contributed by atoms with Crippen LogP contribution in [0.5, 0.6) is 5.75 Å². The van der Waals surface area contributed by atoms with E-state index in [-0.39, 0.29) is 5.41 Å². The summed E-state index contributed by atoms with van der Waals surface area (Å²) in [6.07, 6.45) is 1.17. The SMILES string of the molecule is CC1CN2CCNCC2C[C@@]1(C)c1cccc(O)c1. The van der Waals surface area contributed by atoms with Crippen molar-refractivity contribution in [2.45, 2.75) is 31.7 Å². The molecule has 3 rings (SSSR count). The average molecular weight is 260 g/mol. The molecule has 0 aromatic heterocycles. The van der Waals surface area contributed by atoms with Crippen LogP contribution in [-0.2, 0) is 5.41 Å². The number of hydrogen-bond acceptors (Lipinski definition) is 3. The van der Waals surface area contributed by atoms with Gasteiger partial charge in [0.15, 0.2) is 0 Å². The molecule has 0 bridgehead atoms. The predicted octanol–water partition coefficient (Wildman–Crippen LogP) is 1.96. The first-order chi connectivity index (χ1) is 9.09. The first-order valence-electron chi connectivity index (χ1n) is 7.34. The van der Waals surface area contributed by atoms with E-state index in [0.29, 0.717) is 17.7 Å². The topological polar surface area (TPSA) is 35.5 Å². The molecule has 3 nitrogen and oxygen atoms in total. The van der Waals surface area contributed by atoms with Crippen LogP contribution in [0.3, 0.4) is 0 Å². The van der Waals surface area contributed by atoms with E-state index in [4.69, 9.17) is 0 Å². The fourth-order valence-electron chi connectivity index (χ4n) is 3.75. The molecule has 0 amide bonds. The maximum absolute atomic E-state index is 9.75. The summed E-state index contributed by atoms with van der Waals surface area (Å²) in [7, 11) is 0. The summed E-state index contributed by atoms with van der Waals surface area (Å²) in [5, 5.41) is 13.3. The summed E-state index contributed by atoms with van der Waals surface area (Å²) in [6.45, 7) is 9.26. The molecule has 2 aliphatic heterocycles. The molecular formula is C16H24N2O. The number of piperidine rings is 1. The van der Waals surface area contributed by atoms with E-state index in [9.17, 15) is 5.11 Å². The Morgan fingerprint density at radius 3 is 3.05 bits per heavy atom. The summed E-state index contributed by atoms with van der Waals surface area (Å²) >= 11 is 0. The lowest BCUT2D eigenvalue weighted by Crippen LogP contribution is -2.60. The van der Waals surface area contributed by atoms with E-state index in [0.717, 1.165) is 13.1 Å². The van der Waals surface area contributed by atoms with Gasteiger partial charge in [0.05, 0.1) is 0 Å². The number of nitrogens with one attached hydrogen (secondary N) is 1. The number of phenols is 1. The third kappa shape index (κ3) is 2.26. The highest BCUT2D eigenvalue weighted by Crippen LogP contribution is 2.42. The molecule has 0 saturated carbocycles. The number of phenolic OH excluding ortho intramolecular Hbond substituents is 1. The normalized spacial score (nSPS) is 35.9. The fraction of sp³-hybridized carbons (Fsp3) is 0.625. The third-order valence-corrected chi connectivity index (χ3v) is 5.23. The van der Waals surface area contributed by atoms with Crippen molar-refractivity contribution in [3.8, 4) is 5.75 Å². The highest BCUT2D eigenvalue weighted by Gasteiger charge is 2.43. The van der Waals surface area contributed by atoms with E-state index in [1.54, 1.807) is 6.07 Å². The second-order valence-corrected chi connectivity index (χ2v) is 6.43. The number of benzene rings is 1. The molecule has 2 fully saturated rings. The molecule has 19 heavy (non-hydrogen) atoms. The Hall–Kier alpha value is -1.06. The smallest absolute Gasteiger partial charge is 0.115 e. The van der Waals surface area contributed by atoms with Gasteiger partial charge in [-0.15, -0.1) is 0 Å². The molecule has 1 aromatic carbocycles. The molecule has 1 aromatic rings. The van der Waals surface area contributed by atoms with Gasteiger partial charge in [-0.1, -0.05) is 26.0 Å². The van der Waals surface area contributed by atoms with Crippen LogP contribution in [0.1, 0.15) is 25.8 Å². The minimum absolute atomic E-state index is 0.166. The molecule has 0 spiro atoms. The standard InChI is InChI=1S/C16H24N2O/c1-12-11-18-7-6-17-10-14(18)9-16(12,2)13-4-3-5-15(19)8-13/h3-5,8,12,14,17,19H,6-7,9-11H2,1-2H3/t12?,14?,16-/m1/s1. The molecule has 2 heterocycles. The van der Waals surface area contributed by atoms with Gasteiger partial charge in [0.25, 0.3) is 0 Å². The first-order valence-corrected chi connectivity index (χ1v) is 7.34. The molecule has 3 atom stereocenters. The van der Waals surface area contributed by atoms with Gasteiger partial charge in [-0.2, -0.15) is 0 Å². The summed E-state index contributed by atoms with van der Waals surface area (Å²) in [5.74, 6) is 0.999. The maximum atomic E-state index is 9.75. The van der Waals surface area contributed by atoms with Crippen LogP contribution in [0.15, 0.2) is 24.3 Å². The van der Waals surface area contributed by atoms with Crippen molar-refractivity contribution in [3.63, 3.8) is 0 Å². The van der Waals surface area contributed by atoms with E-state index in [2.05, 4.69) is 30.1 Å². The van der Waals surface area contributed by atoms with Gasteiger partial charge in [-0.05, 0) is 35.4 Å². The Labute approximate surface area is 115 Å². The first kappa shape index (κ1) is 12.9. The van der Waals surface area contributed by atoms with Crippen molar-refractivity contribution in [3.05, 3.63) is 29.8 Å². The molecule has 104 valence electrons. The second-order valence-electron chi connectivity index (χ2n) is 6.43. The maximum Gasteiger partial charge on any atom is 0.115 e. The molecule has 0 aliphatic carbocycles. The van der Waals surface area contributed by atoms with Crippen molar-refractivity contribution >= 4 is 0 Å². The van der Waals surface area contributed by atoms with Crippen LogP contribution in [0.25, 0.3) is 0 Å². The quantitative estimate of drug-likeness (QED) is 0.810. The van der Waals surface area contributed by atoms with Crippen LogP contribution in [0.2, 0.25) is 0 Å². The highest BCUT2D eigenvalue weighted by atomic mass is 16.3. The van der Waals surface area contributed by atoms with E-state index in [1.165, 1.54) is 25.1 Å². The molecule has 2 saturated heterocycles. The van der Waals surface area contributed by atoms with Crippen molar-refractivity contribution in [2.75, 3.05) is 26.2 Å². The number of aromatic hydroxyl groups is 1. The summed E-state index contributed by atoms with van der Waals surface area (Å²) in [5.41, 5.74) is 1.45. The minimum atomic E-state index is 0.166. The van der Waals surface area contributed by atoms with Gasteiger partial charge < -0.3 is 10.4 Å². The monoisotopic (exact) mass is 260 g/mol. The zero-order valence-corrected chi connectivity index (χ0v) is 11.9. The van der Waals surface area contributed by atoms with Gasteiger partial charge in [-0.25, -0.2) is 0 Å². The molecule has 2 aliphatic rings. The van der Waals surface area contributed by atoms with E-state index in [1.807, 2.05) is 12.1 Å². The van der Waals surface area contributed by atoms with Crippen LogP contribution < -0.4 is 5.32 Å². The molecule has 3 heteroatoms. The minimum Gasteiger partial charge on any atom is -0.508 e. The van der Waals surface area contributed by atoms with Gasteiger partial charge in [-0.3, -0.25) is 4.90 Å².